The first kappa shape index (κ1) is 9.85. The van der Waals surface area contributed by atoms with Crippen molar-refractivity contribution in [1.82, 2.24) is 0 Å². The Balaban J connectivity index is 2.70. The molecule has 72 valence electrons. The van der Waals surface area contributed by atoms with Crippen LogP contribution >= 0.6 is 24.0 Å². The third kappa shape index (κ3) is 1.61. The van der Waals surface area contributed by atoms with E-state index in [0.29, 0.717) is 10.5 Å². The molecule has 14 heavy (non-hydrogen) atoms. The molecular formula is C8H8BNO2S2. The summed E-state index contributed by atoms with van der Waals surface area (Å²) in [5, 5.41) is 18.9. The van der Waals surface area contributed by atoms with Gasteiger partial charge in [-0.05, 0) is 23.6 Å². The Kier molecular flexibility index (Phi) is 2.44. The average Bonchev–Trinajstić information content (AvgIpc) is 2.47. The number of nitrogens with two attached hydrogens (primary N) is 1. The van der Waals surface area contributed by atoms with Crippen LogP contribution in [0.15, 0.2) is 23.1 Å². The first-order valence-electron chi connectivity index (χ1n) is 3.96. The van der Waals surface area contributed by atoms with Crippen molar-refractivity contribution in [3.05, 3.63) is 18.2 Å². The van der Waals surface area contributed by atoms with Crippen molar-refractivity contribution in [2.24, 2.45) is 0 Å². The number of fused-ring (bicyclic) bond motifs is 1. The lowest BCUT2D eigenvalue weighted by Crippen LogP contribution is -2.26. The fourth-order valence-corrected chi connectivity index (χ4v) is 2.53. The quantitative estimate of drug-likeness (QED) is 0.323. The molecule has 2 aromatic rings. The molecule has 1 aromatic carbocycles. The van der Waals surface area contributed by atoms with Crippen molar-refractivity contribution in [1.29, 1.82) is 0 Å². The summed E-state index contributed by atoms with van der Waals surface area (Å²) in [7, 11) is -1.44. The second-order valence-corrected chi connectivity index (χ2v) is 4.58. The van der Waals surface area contributed by atoms with E-state index in [1.54, 1.807) is 12.1 Å². The molecular weight excluding hydrogens is 217 g/mol. The standard InChI is InChI=1S/C8H8BNO2S2/c10-6-3-5(13)1-4-2-7(9(11)12)14-8(4)6/h1-3,11-13H,10H2. The molecule has 3 nitrogen and oxygen atoms in total. The minimum atomic E-state index is -1.44. The van der Waals surface area contributed by atoms with Crippen LogP contribution in [0.25, 0.3) is 10.1 Å². The van der Waals surface area contributed by atoms with E-state index in [9.17, 15) is 0 Å². The Morgan fingerprint density at radius 2 is 2.00 bits per heavy atom. The molecule has 0 radical (unpaired) electrons. The molecule has 0 saturated carbocycles. The van der Waals surface area contributed by atoms with Gasteiger partial charge in [-0.3, -0.25) is 0 Å². The average molecular weight is 225 g/mol. The molecule has 0 fully saturated rings. The van der Waals surface area contributed by atoms with Gasteiger partial charge >= 0.3 is 7.12 Å². The Morgan fingerprint density at radius 1 is 1.29 bits per heavy atom. The van der Waals surface area contributed by atoms with Gasteiger partial charge < -0.3 is 15.8 Å². The van der Waals surface area contributed by atoms with Crippen molar-refractivity contribution < 1.29 is 10.0 Å². The summed E-state index contributed by atoms with van der Waals surface area (Å²) < 4.78 is 1.36. The maximum absolute atomic E-state index is 8.99. The van der Waals surface area contributed by atoms with Crippen molar-refractivity contribution in [2.75, 3.05) is 5.73 Å². The number of hydrogen-bond acceptors (Lipinski definition) is 5. The molecule has 0 saturated heterocycles. The zero-order chi connectivity index (χ0) is 10.3. The van der Waals surface area contributed by atoms with Gasteiger partial charge in [0.05, 0.1) is 10.4 Å². The highest BCUT2D eigenvalue weighted by molar-refractivity contribution is 7.80. The maximum Gasteiger partial charge on any atom is 0.499 e. The fraction of sp³-hybridized carbons (Fsp3) is 0. The molecule has 1 aromatic heterocycles. The summed E-state index contributed by atoms with van der Waals surface area (Å²) in [6, 6.07) is 5.30. The summed E-state index contributed by atoms with van der Waals surface area (Å²) in [4.78, 5) is 0.770. The summed E-state index contributed by atoms with van der Waals surface area (Å²) in [5.74, 6) is 0. The predicted octanol–water partition coefficient (Wildman–Crippen LogP) is 0.452. The number of benzene rings is 1. The predicted molar refractivity (Wildman–Crippen MR) is 63.3 cm³/mol. The van der Waals surface area contributed by atoms with E-state index in [2.05, 4.69) is 12.6 Å². The number of thiophene rings is 1. The van der Waals surface area contributed by atoms with Gasteiger partial charge in [0.15, 0.2) is 0 Å². The van der Waals surface area contributed by atoms with E-state index in [4.69, 9.17) is 15.8 Å². The van der Waals surface area contributed by atoms with E-state index in [-0.39, 0.29) is 0 Å². The van der Waals surface area contributed by atoms with Crippen molar-refractivity contribution in [2.45, 2.75) is 4.90 Å². The molecule has 0 bridgehead atoms. The molecule has 2 rings (SSSR count). The Morgan fingerprint density at radius 3 is 2.64 bits per heavy atom. The monoisotopic (exact) mass is 225 g/mol. The van der Waals surface area contributed by atoms with Crippen LogP contribution in [0.1, 0.15) is 0 Å². The molecule has 0 atom stereocenters. The van der Waals surface area contributed by atoms with Gasteiger partial charge in [0, 0.05) is 9.67 Å². The third-order valence-corrected chi connectivity index (χ3v) is 3.40. The van der Waals surface area contributed by atoms with Crippen LogP contribution in [0.3, 0.4) is 0 Å². The Hall–Kier alpha value is -0.685. The molecule has 0 aliphatic heterocycles. The van der Waals surface area contributed by atoms with Gasteiger partial charge in [-0.2, -0.15) is 0 Å². The van der Waals surface area contributed by atoms with Crippen LogP contribution in [0.2, 0.25) is 0 Å². The summed E-state index contributed by atoms with van der Waals surface area (Å²) >= 11 is 5.47. The van der Waals surface area contributed by atoms with Gasteiger partial charge in [0.2, 0.25) is 0 Å². The molecule has 0 aliphatic carbocycles. The first-order chi connectivity index (χ1) is 6.58. The lowest BCUT2D eigenvalue weighted by Gasteiger charge is -1.96. The summed E-state index contributed by atoms with van der Waals surface area (Å²) in [6.45, 7) is 0. The second-order valence-electron chi connectivity index (χ2n) is 2.98. The third-order valence-electron chi connectivity index (χ3n) is 1.90. The first-order valence-corrected chi connectivity index (χ1v) is 5.22. The maximum atomic E-state index is 8.99. The molecule has 0 aliphatic rings. The second kappa shape index (κ2) is 3.47. The zero-order valence-corrected chi connectivity index (χ0v) is 8.85. The minimum absolute atomic E-state index is 0.491. The smallest absolute Gasteiger partial charge is 0.423 e. The van der Waals surface area contributed by atoms with E-state index < -0.39 is 7.12 Å². The van der Waals surface area contributed by atoms with Gasteiger partial charge in [0.25, 0.3) is 0 Å². The highest BCUT2D eigenvalue weighted by Gasteiger charge is 2.15. The SMILES string of the molecule is Nc1cc(S)cc2cc(B(O)O)sc12. The molecule has 6 heteroatoms. The number of thiol groups is 1. The van der Waals surface area contributed by atoms with Crippen LogP contribution in [0, 0.1) is 0 Å². The lowest BCUT2D eigenvalue weighted by molar-refractivity contribution is 0.427. The van der Waals surface area contributed by atoms with Gasteiger partial charge in [-0.1, -0.05) is 0 Å². The van der Waals surface area contributed by atoms with E-state index in [1.165, 1.54) is 11.3 Å². The summed E-state index contributed by atoms with van der Waals surface area (Å²) in [6.07, 6.45) is 0. The van der Waals surface area contributed by atoms with E-state index in [1.807, 2.05) is 6.07 Å². The molecule has 1 heterocycles. The zero-order valence-electron chi connectivity index (χ0n) is 7.14. The number of hydrogen-bond donors (Lipinski definition) is 4. The van der Waals surface area contributed by atoms with E-state index in [0.717, 1.165) is 15.0 Å². The Bertz CT molecular complexity index is 483. The van der Waals surface area contributed by atoms with Gasteiger partial charge in [-0.25, -0.2) is 0 Å². The normalized spacial score (nSPS) is 10.8. The molecule has 0 amide bonds. The Labute approximate surface area is 90.7 Å². The van der Waals surface area contributed by atoms with E-state index >= 15 is 0 Å². The van der Waals surface area contributed by atoms with Crippen LogP contribution in [-0.2, 0) is 0 Å². The molecule has 4 N–H and O–H groups in total. The highest BCUT2D eigenvalue weighted by Crippen LogP contribution is 2.28. The lowest BCUT2D eigenvalue weighted by atomic mass is 9.89. The van der Waals surface area contributed by atoms with Crippen LogP contribution in [-0.4, -0.2) is 17.2 Å². The molecule has 0 unspecified atom stereocenters. The van der Waals surface area contributed by atoms with Crippen molar-refractivity contribution in [3.63, 3.8) is 0 Å². The fourth-order valence-electron chi connectivity index (χ4n) is 1.31. The van der Waals surface area contributed by atoms with Gasteiger partial charge in [0.1, 0.15) is 0 Å². The summed E-state index contributed by atoms with van der Waals surface area (Å²) in [5.41, 5.74) is 6.38. The number of anilines is 1. The van der Waals surface area contributed by atoms with Crippen molar-refractivity contribution in [3.8, 4) is 0 Å². The van der Waals surface area contributed by atoms with Crippen LogP contribution in [0.4, 0.5) is 5.69 Å². The topological polar surface area (TPSA) is 66.5 Å². The highest BCUT2D eigenvalue weighted by atomic mass is 32.1. The number of rotatable bonds is 1. The molecule has 0 spiro atoms. The van der Waals surface area contributed by atoms with Gasteiger partial charge in [-0.15, -0.1) is 24.0 Å². The van der Waals surface area contributed by atoms with Crippen LogP contribution < -0.4 is 10.5 Å². The number of nitrogen functional groups attached to an aromatic ring is 1. The van der Waals surface area contributed by atoms with Crippen molar-refractivity contribution >= 4 is 51.6 Å². The largest absolute Gasteiger partial charge is 0.499 e. The van der Waals surface area contributed by atoms with Crippen LogP contribution in [0.5, 0.6) is 0 Å². The minimum Gasteiger partial charge on any atom is -0.423 e.